The van der Waals surface area contributed by atoms with E-state index in [1.54, 1.807) is 6.07 Å². The van der Waals surface area contributed by atoms with Gasteiger partial charge in [-0.25, -0.2) is 0 Å². The zero-order valence-electron chi connectivity index (χ0n) is 13.9. The van der Waals surface area contributed by atoms with Crippen molar-refractivity contribution in [3.63, 3.8) is 0 Å². The van der Waals surface area contributed by atoms with Crippen molar-refractivity contribution in [3.05, 3.63) is 90.7 Å². The van der Waals surface area contributed by atoms with Crippen LogP contribution in [0.1, 0.15) is 10.6 Å². The number of carbonyl (C=O) groups is 1. The third kappa shape index (κ3) is 2.18. The Labute approximate surface area is 150 Å². The second-order valence-electron chi connectivity index (χ2n) is 6.24. The molecule has 3 aromatic carbocycles. The van der Waals surface area contributed by atoms with Gasteiger partial charge in [0.05, 0.1) is 11.0 Å². The van der Waals surface area contributed by atoms with E-state index in [1.807, 2.05) is 18.2 Å². The highest BCUT2D eigenvalue weighted by Crippen LogP contribution is 2.32. The Balaban J connectivity index is 1.69. The van der Waals surface area contributed by atoms with E-state index in [2.05, 4.69) is 65.2 Å². The lowest BCUT2D eigenvalue weighted by Gasteiger charge is -2.08. The minimum absolute atomic E-state index is 0.339. The summed E-state index contributed by atoms with van der Waals surface area (Å²) >= 11 is 0. The van der Waals surface area contributed by atoms with Crippen molar-refractivity contribution in [3.8, 4) is 17.0 Å². The summed E-state index contributed by atoms with van der Waals surface area (Å²) in [5.74, 6) is 1.03. The molecule has 0 atom stereocenters. The quantitative estimate of drug-likeness (QED) is 0.387. The normalized spacial score (nSPS) is 11.2. The first kappa shape index (κ1) is 14.7. The molecule has 5 rings (SSSR count). The molecule has 124 valence electrons. The van der Waals surface area contributed by atoms with Crippen LogP contribution in [0.2, 0.25) is 0 Å². The van der Waals surface area contributed by atoms with Crippen molar-refractivity contribution in [1.29, 1.82) is 0 Å². The fourth-order valence-corrected chi connectivity index (χ4v) is 3.55. The standard InChI is InChI=1S/C23H15NO2/c25-15-18-13-14-23(26-18)16-9-11-17(12-10-16)24-21-7-3-1-5-19(21)20-6-2-4-8-22(20)24/h1-15H. The summed E-state index contributed by atoms with van der Waals surface area (Å²) in [5, 5.41) is 2.49. The van der Waals surface area contributed by atoms with E-state index in [0.717, 1.165) is 17.5 Å². The first-order valence-corrected chi connectivity index (χ1v) is 8.49. The van der Waals surface area contributed by atoms with E-state index < -0.39 is 0 Å². The molecule has 0 spiro atoms. The largest absolute Gasteiger partial charge is 0.453 e. The number of para-hydroxylation sites is 2. The molecule has 0 fully saturated rings. The van der Waals surface area contributed by atoms with E-state index in [-0.39, 0.29) is 0 Å². The van der Waals surface area contributed by atoms with E-state index in [0.29, 0.717) is 11.5 Å². The van der Waals surface area contributed by atoms with Crippen LogP contribution in [-0.4, -0.2) is 10.9 Å². The molecule has 5 aromatic rings. The third-order valence-corrected chi connectivity index (χ3v) is 4.73. The fourth-order valence-electron chi connectivity index (χ4n) is 3.55. The summed E-state index contributed by atoms with van der Waals surface area (Å²) < 4.78 is 7.79. The lowest BCUT2D eigenvalue weighted by molar-refractivity contribution is 0.110. The highest BCUT2D eigenvalue weighted by Gasteiger charge is 2.11. The van der Waals surface area contributed by atoms with Gasteiger partial charge in [-0.3, -0.25) is 4.79 Å². The second kappa shape index (κ2) is 5.74. The van der Waals surface area contributed by atoms with Crippen molar-refractivity contribution < 1.29 is 9.21 Å². The number of hydrogen-bond donors (Lipinski definition) is 0. The van der Waals surface area contributed by atoms with Gasteiger partial charge in [0.25, 0.3) is 0 Å². The monoisotopic (exact) mass is 337 g/mol. The fraction of sp³-hybridized carbons (Fsp3) is 0. The van der Waals surface area contributed by atoms with Crippen LogP contribution in [0.3, 0.4) is 0 Å². The van der Waals surface area contributed by atoms with Crippen LogP contribution >= 0.6 is 0 Å². The lowest BCUT2D eigenvalue weighted by Crippen LogP contribution is -1.93. The van der Waals surface area contributed by atoms with Crippen molar-refractivity contribution in [2.75, 3.05) is 0 Å². The molecule has 3 nitrogen and oxygen atoms in total. The van der Waals surface area contributed by atoms with Crippen LogP contribution < -0.4 is 0 Å². The topological polar surface area (TPSA) is 35.1 Å². The average molecular weight is 337 g/mol. The predicted molar refractivity (Wildman–Crippen MR) is 104 cm³/mol. The van der Waals surface area contributed by atoms with Crippen molar-refractivity contribution in [1.82, 2.24) is 4.57 Å². The molecule has 0 N–H and O–H groups in total. The van der Waals surface area contributed by atoms with Crippen LogP contribution in [-0.2, 0) is 0 Å². The molecule has 2 aromatic heterocycles. The minimum Gasteiger partial charge on any atom is -0.453 e. The zero-order chi connectivity index (χ0) is 17.5. The van der Waals surface area contributed by atoms with E-state index in [4.69, 9.17) is 4.42 Å². The Kier molecular flexibility index (Phi) is 3.25. The van der Waals surface area contributed by atoms with Gasteiger partial charge in [0.15, 0.2) is 12.0 Å². The van der Waals surface area contributed by atoms with Gasteiger partial charge < -0.3 is 8.98 Å². The van der Waals surface area contributed by atoms with Gasteiger partial charge in [0, 0.05) is 22.0 Å². The maximum absolute atomic E-state index is 10.8. The molecule has 0 radical (unpaired) electrons. The van der Waals surface area contributed by atoms with E-state index in [1.165, 1.54) is 21.8 Å². The summed E-state index contributed by atoms with van der Waals surface area (Å²) in [6.07, 6.45) is 0.718. The molecule has 0 bridgehead atoms. The van der Waals surface area contributed by atoms with E-state index >= 15 is 0 Å². The second-order valence-corrected chi connectivity index (χ2v) is 6.24. The molecule has 26 heavy (non-hydrogen) atoms. The molecule has 0 aliphatic carbocycles. The lowest BCUT2D eigenvalue weighted by atomic mass is 10.1. The number of aldehydes is 1. The van der Waals surface area contributed by atoms with Crippen molar-refractivity contribution in [2.24, 2.45) is 0 Å². The van der Waals surface area contributed by atoms with Gasteiger partial charge in [0.1, 0.15) is 5.76 Å². The van der Waals surface area contributed by atoms with Crippen LogP contribution in [0.4, 0.5) is 0 Å². The molecule has 0 saturated carbocycles. The maximum Gasteiger partial charge on any atom is 0.185 e. The molecule has 2 heterocycles. The summed E-state index contributed by atoms with van der Waals surface area (Å²) in [6, 6.07) is 28.6. The van der Waals surface area contributed by atoms with Crippen LogP contribution in [0.5, 0.6) is 0 Å². The number of hydrogen-bond acceptors (Lipinski definition) is 2. The molecule has 0 amide bonds. The van der Waals surface area contributed by atoms with Gasteiger partial charge in [-0.05, 0) is 48.5 Å². The molecule has 0 aliphatic heterocycles. The number of rotatable bonds is 3. The van der Waals surface area contributed by atoms with E-state index in [9.17, 15) is 4.79 Å². The Morgan fingerprint density at radius 3 is 1.88 bits per heavy atom. The number of furan rings is 1. The van der Waals surface area contributed by atoms with Gasteiger partial charge in [-0.1, -0.05) is 36.4 Å². The molecule has 0 saturated heterocycles. The Morgan fingerprint density at radius 2 is 1.31 bits per heavy atom. The molecule has 3 heteroatoms. The number of nitrogens with zero attached hydrogens (tertiary/aromatic N) is 1. The molecular formula is C23H15NO2. The van der Waals surface area contributed by atoms with Crippen LogP contribution in [0, 0.1) is 0 Å². The summed E-state index contributed by atoms with van der Waals surface area (Å²) in [5.41, 5.74) is 4.40. The Bertz CT molecular complexity index is 1190. The number of benzene rings is 3. The third-order valence-electron chi connectivity index (χ3n) is 4.73. The highest BCUT2D eigenvalue weighted by atomic mass is 16.3. The van der Waals surface area contributed by atoms with Crippen molar-refractivity contribution in [2.45, 2.75) is 0 Å². The van der Waals surface area contributed by atoms with Crippen LogP contribution in [0.15, 0.2) is 89.3 Å². The zero-order valence-corrected chi connectivity index (χ0v) is 13.9. The van der Waals surface area contributed by atoms with Gasteiger partial charge >= 0.3 is 0 Å². The first-order valence-electron chi connectivity index (χ1n) is 8.49. The molecular weight excluding hydrogens is 322 g/mol. The number of fused-ring (bicyclic) bond motifs is 3. The summed E-state index contributed by atoms with van der Waals surface area (Å²) in [4.78, 5) is 10.8. The van der Waals surface area contributed by atoms with Crippen LogP contribution in [0.25, 0.3) is 38.8 Å². The van der Waals surface area contributed by atoms with Gasteiger partial charge in [-0.15, -0.1) is 0 Å². The maximum atomic E-state index is 10.8. The number of carbonyl (C=O) groups excluding carboxylic acids is 1. The summed E-state index contributed by atoms with van der Waals surface area (Å²) in [7, 11) is 0. The average Bonchev–Trinajstić information content (AvgIpc) is 3.31. The summed E-state index contributed by atoms with van der Waals surface area (Å²) in [6.45, 7) is 0. The smallest absolute Gasteiger partial charge is 0.185 e. The highest BCUT2D eigenvalue weighted by molar-refractivity contribution is 6.09. The van der Waals surface area contributed by atoms with Gasteiger partial charge in [-0.2, -0.15) is 0 Å². The SMILES string of the molecule is O=Cc1ccc(-c2ccc(-n3c4ccccc4c4ccccc43)cc2)o1. The molecule has 0 aliphatic rings. The first-order chi connectivity index (χ1) is 12.8. The molecule has 0 unspecified atom stereocenters. The Morgan fingerprint density at radius 1 is 0.692 bits per heavy atom. The minimum atomic E-state index is 0.339. The van der Waals surface area contributed by atoms with Crippen molar-refractivity contribution >= 4 is 28.1 Å². The Hall–Kier alpha value is -3.59. The number of aromatic nitrogens is 1. The predicted octanol–water partition coefficient (Wildman–Crippen LogP) is 5.86. The van der Waals surface area contributed by atoms with Gasteiger partial charge in [0.2, 0.25) is 0 Å².